The Morgan fingerprint density at radius 2 is 1.64 bits per heavy atom. The molecule has 3 aromatic rings. The van der Waals surface area contributed by atoms with Crippen molar-refractivity contribution in [1.29, 1.82) is 0 Å². The van der Waals surface area contributed by atoms with Crippen LogP contribution in [0.2, 0.25) is 0 Å². The first-order chi connectivity index (χ1) is 18.7. The van der Waals surface area contributed by atoms with Crippen LogP contribution in [0.25, 0.3) is 22.4 Å². The molecule has 1 aromatic heterocycles. The molecule has 0 amide bonds. The van der Waals surface area contributed by atoms with Crippen LogP contribution in [0.15, 0.2) is 35.2 Å². The highest BCUT2D eigenvalue weighted by molar-refractivity contribution is 7.90. The Bertz CT molecular complexity index is 1490. The predicted octanol–water partition coefficient (Wildman–Crippen LogP) is 5.81. The summed E-state index contributed by atoms with van der Waals surface area (Å²) in [6.45, 7) is 4.44. The van der Waals surface area contributed by atoms with Crippen LogP contribution < -0.4 is 0 Å². The number of H-pyrrole nitrogens is 1. The molecule has 3 aliphatic heterocycles. The number of nitrogens with zero attached hydrogens (tertiary/aromatic N) is 3. The molecule has 2 unspecified atom stereocenters. The van der Waals surface area contributed by atoms with E-state index in [1.54, 1.807) is 6.07 Å². The third-order valence-corrected chi connectivity index (χ3v) is 11.3. The van der Waals surface area contributed by atoms with E-state index in [0.717, 1.165) is 47.0 Å². The summed E-state index contributed by atoms with van der Waals surface area (Å²) in [5.41, 5.74) is 4.85. The first-order valence-electron chi connectivity index (χ1n) is 14.8. The average molecular weight is 551 g/mol. The van der Waals surface area contributed by atoms with Crippen molar-refractivity contribution in [3.63, 3.8) is 0 Å². The molecule has 0 spiro atoms. The van der Waals surface area contributed by atoms with Crippen LogP contribution in [-0.2, 0) is 9.84 Å². The summed E-state index contributed by atoms with van der Waals surface area (Å²) in [5.74, 6) is 0.345. The lowest BCUT2D eigenvalue weighted by Gasteiger charge is -2.50. The van der Waals surface area contributed by atoms with Crippen LogP contribution in [0.1, 0.15) is 74.8 Å². The molecule has 0 radical (unpaired) electrons. The van der Waals surface area contributed by atoms with Gasteiger partial charge in [-0.3, -0.25) is 4.90 Å². The summed E-state index contributed by atoms with van der Waals surface area (Å²) in [6, 6.07) is 12.0. The Morgan fingerprint density at radius 1 is 0.923 bits per heavy atom. The second kappa shape index (κ2) is 9.67. The lowest BCUT2D eigenvalue weighted by Crippen LogP contribution is -2.56. The second-order valence-electron chi connectivity index (χ2n) is 12.6. The van der Waals surface area contributed by atoms with Crippen LogP contribution >= 0.6 is 0 Å². The van der Waals surface area contributed by atoms with Crippen LogP contribution in [-0.4, -0.2) is 71.7 Å². The summed E-state index contributed by atoms with van der Waals surface area (Å²) in [7, 11) is -3.61. The minimum Gasteiger partial charge on any atom is -0.338 e. The zero-order valence-electron chi connectivity index (χ0n) is 23.0. The maximum absolute atomic E-state index is 14.5. The topological polar surface area (TPSA) is 69.3 Å². The number of benzene rings is 2. The predicted molar refractivity (Wildman–Crippen MR) is 152 cm³/mol. The van der Waals surface area contributed by atoms with Gasteiger partial charge in [0.1, 0.15) is 16.5 Å². The van der Waals surface area contributed by atoms with Crippen molar-refractivity contribution in [2.24, 2.45) is 0 Å². The first kappa shape index (κ1) is 25.7. The molecule has 2 bridgehead atoms. The molecule has 1 saturated carbocycles. The molecule has 6 nitrogen and oxygen atoms in total. The van der Waals surface area contributed by atoms with E-state index in [1.807, 2.05) is 0 Å². The van der Waals surface area contributed by atoms with Crippen molar-refractivity contribution < 1.29 is 12.8 Å². The van der Waals surface area contributed by atoms with Gasteiger partial charge in [-0.25, -0.2) is 17.8 Å². The number of hydrogen-bond donors (Lipinski definition) is 1. The highest BCUT2D eigenvalue weighted by Crippen LogP contribution is 2.44. The number of halogens is 1. The van der Waals surface area contributed by atoms with E-state index in [1.165, 1.54) is 88.6 Å². The number of aryl methyl sites for hydroxylation is 1. The number of nitrogens with one attached hydrogen (secondary N) is 1. The molecule has 39 heavy (non-hydrogen) atoms. The minimum absolute atomic E-state index is 0.288. The molecule has 3 saturated heterocycles. The van der Waals surface area contributed by atoms with E-state index in [4.69, 9.17) is 4.98 Å². The Kier molecular flexibility index (Phi) is 6.36. The van der Waals surface area contributed by atoms with Crippen LogP contribution in [0, 0.1) is 12.7 Å². The molecule has 2 atom stereocenters. The summed E-state index contributed by atoms with van der Waals surface area (Å²) in [6.07, 6.45) is 13.2. The zero-order valence-corrected chi connectivity index (χ0v) is 23.8. The number of fused-ring (bicyclic) bond motifs is 3. The number of hydrogen-bond acceptors (Lipinski definition) is 5. The highest BCUT2D eigenvalue weighted by Gasteiger charge is 2.46. The fraction of sp³-hybridized carbons (Fsp3) is 0.581. The molecular formula is C31H39FN4O2S. The molecular weight excluding hydrogens is 511 g/mol. The van der Waals surface area contributed by atoms with E-state index in [2.05, 4.69) is 33.8 Å². The van der Waals surface area contributed by atoms with Gasteiger partial charge in [-0.05, 0) is 113 Å². The highest BCUT2D eigenvalue weighted by atomic mass is 32.2. The van der Waals surface area contributed by atoms with Gasteiger partial charge >= 0.3 is 0 Å². The number of likely N-dealkylation sites (tertiary alicyclic amines) is 1. The SMILES string of the molecule is Cc1cc(C2CCN(C3CC4CCC(C3)N4C3CCC3)CC2)cc2[nH]c(-c3ccc(S(C)(=O)=O)c(F)c3)nc12. The van der Waals surface area contributed by atoms with Crippen molar-refractivity contribution >= 4 is 20.9 Å². The number of aromatic nitrogens is 2. The number of aromatic amines is 1. The Labute approximate surface area is 230 Å². The van der Waals surface area contributed by atoms with Crippen LogP contribution in [0.3, 0.4) is 0 Å². The molecule has 1 aliphatic carbocycles. The molecule has 208 valence electrons. The van der Waals surface area contributed by atoms with Crippen molar-refractivity contribution in [3.05, 3.63) is 47.3 Å². The number of imidazole rings is 1. The van der Waals surface area contributed by atoms with E-state index in [-0.39, 0.29) is 4.90 Å². The largest absolute Gasteiger partial charge is 0.338 e. The molecule has 2 aromatic carbocycles. The van der Waals surface area contributed by atoms with Gasteiger partial charge in [-0.1, -0.05) is 12.5 Å². The summed E-state index contributed by atoms with van der Waals surface area (Å²) in [5, 5.41) is 0. The van der Waals surface area contributed by atoms with Gasteiger partial charge in [0.2, 0.25) is 0 Å². The Hall–Kier alpha value is -2.29. The molecule has 7 rings (SSSR count). The fourth-order valence-electron chi connectivity index (χ4n) is 8.00. The van der Waals surface area contributed by atoms with E-state index in [9.17, 15) is 12.8 Å². The van der Waals surface area contributed by atoms with E-state index >= 15 is 0 Å². The van der Waals surface area contributed by atoms with Gasteiger partial charge in [0.25, 0.3) is 0 Å². The third-order valence-electron chi connectivity index (χ3n) is 10.2. The molecule has 8 heteroatoms. The van der Waals surface area contributed by atoms with Crippen molar-refractivity contribution in [3.8, 4) is 11.4 Å². The number of piperidine rings is 2. The van der Waals surface area contributed by atoms with Gasteiger partial charge in [-0.15, -0.1) is 0 Å². The summed E-state index contributed by atoms with van der Waals surface area (Å²) >= 11 is 0. The summed E-state index contributed by atoms with van der Waals surface area (Å²) in [4.78, 5) is 13.6. The van der Waals surface area contributed by atoms with Crippen molar-refractivity contribution in [1.82, 2.24) is 19.8 Å². The third kappa shape index (κ3) is 4.62. The number of rotatable bonds is 5. The standard InChI is InChI=1S/C31H39FN4O2S/c1-19-14-22(16-28-30(19)34-31(33-28)21-6-9-29(27(32)15-21)39(2,37)38)20-10-12-35(13-11-20)26-17-24-7-8-25(18-26)36(24)23-4-3-5-23/h6,9,14-16,20,23-26H,3-5,7-8,10-13,17-18H2,1-2H3,(H,33,34). The lowest BCUT2D eigenvalue weighted by atomic mass is 9.84. The maximum Gasteiger partial charge on any atom is 0.178 e. The maximum atomic E-state index is 14.5. The molecule has 1 N–H and O–H groups in total. The van der Waals surface area contributed by atoms with Gasteiger partial charge in [-0.2, -0.15) is 0 Å². The molecule has 4 heterocycles. The minimum atomic E-state index is -3.61. The number of sulfone groups is 1. The Balaban J connectivity index is 1.05. The monoisotopic (exact) mass is 550 g/mol. The average Bonchev–Trinajstić information content (AvgIpc) is 3.40. The summed E-state index contributed by atoms with van der Waals surface area (Å²) < 4.78 is 38.1. The van der Waals surface area contributed by atoms with Gasteiger partial charge in [0.05, 0.1) is 11.0 Å². The van der Waals surface area contributed by atoms with Crippen molar-refractivity contribution in [2.45, 2.75) is 99.7 Å². The van der Waals surface area contributed by atoms with Gasteiger partial charge < -0.3 is 9.88 Å². The smallest absolute Gasteiger partial charge is 0.178 e. The van der Waals surface area contributed by atoms with Gasteiger partial charge in [0.15, 0.2) is 9.84 Å². The second-order valence-corrected chi connectivity index (χ2v) is 14.6. The fourth-order valence-corrected chi connectivity index (χ4v) is 8.73. The van der Waals surface area contributed by atoms with Gasteiger partial charge in [0, 0.05) is 36.0 Å². The Morgan fingerprint density at radius 3 is 2.26 bits per heavy atom. The lowest BCUT2D eigenvalue weighted by molar-refractivity contribution is -0.000821. The van der Waals surface area contributed by atoms with Crippen LogP contribution in [0.4, 0.5) is 4.39 Å². The normalized spacial score (nSPS) is 27.3. The van der Waals surface area contributed by atoms with E-state index < -0.39 is 15.7 Å². The van der Waals surface area contributed by atoms with Crippen molar-refractivity contribution in [2.75, 3.05) is 19.3 Å². The zero-order chi connectivity index (χ0) is 26.9. The molecule has 4 fully saturated rings. The quantitative estimate of drug-likeness (QED) is 0.434. The molecule has 4 aliphatic rings. The van der Waals surface area contributed by atoms with E-state index in [0.29, 0.717) is 17.3 Å². The first-order valence-corrected chi connectivity index (χ1v) is 16.7. The van der Waals surface area contributed by atoms with Crippen LogP contribution in [0.5, 0.6) is 0 Å².